The van der Waals surface area contributed by atoms with Crippen LogP contribution in [0.3, 0.4) is 0 Å². The molecule has 2 nitrogen and oxygen atoms in total. The molecule has 0 radical (unpaired) electrons. The molecule has 2 N–H and O–H groups in total. The maximum absolute atomic E-state index is 6.14. The molecule has 1 saturated carbocycles. The second-order valence-electron chi connectivity index (χ2n) is 5.75. The summed E-state index contributed by atoms with van der Waals surface area (Å²) < 4.78 is 0. The minimum atomic E-state index is 0.356. The van der Waals surface area contributed by atoms with E-state index in [1.54, 1.807) is 0 Å². The molecule has 2 rings (SSSR count). The first-order valence-electron chi connectivity index (χ1n) is 7.49. The fourth-order valence-electron chi connectivity index (χ4n) is 3.25. The lowest BCUT2D eigenvalue weighted by molar-refractivity contribution is 0.114. The van der Waals surface area contributed by atoms with Crippen molar-refractivity contribution in [1.82, 2.24) is 4.90 Å². The van der Waals surface area contributed by atoms with Crippen molar-refractivity contribution < 1.29 is 0 Å². The summed E-state index contributed by atoms with van der Waals surface area (Å²) >= 11 is 12.1. The molecule has 1 aliphatic carbocycles. The van der Waals surface area contributed by atoms with Gasteiger partial charge in [0, 0.05) is 18.1 Å². The molecule has 0 spiro atoms. The van der Waals surface area contributed by atoms with Crippen molar-refractivity contribution >= 4 is 23.2 Å². The molecule has 4 heteroatoms. The van der Waals surface area contributed by atoms with Crippen molar-refractivity contribution in [2.45, 2.75) is 57.7 Å². The number of rotatable bonds is 4. The Balaban J connectivity index is 2.11. The first-order chi connectivity index (χ1) is 9.52. The van der Waals surface area contributed by atoms with Crippen LogP contribution in [0.25, 0.3) is 0 Å². The van der Waals surface area contributed by atoms with E-state index in [-0.39, 0.29) is 0 Å². The van der Waals surface area contributed by atoms with E-state index in [9.17, 15) is 0 Å². The Kier molecular flexibility index (Phi) is 5.74. The SMILES string of the molecule is CCN(C1CCC(N)CC1)C(C)c1ccc(Cl)c(Cl)c1. The van der Waals surface area contributed by atoms with Crippen molar-refractivity contribution in [3.05, 3.63) is 33.8 Å². The molecule has 1 fully saturated rings. The highest BCUT2D eigenvalue weighted by molar-refractivity contribution is 6.42. The van der Waals surface area contributed by atoms with Gasteiger partial charge in [-0.25, -0.2) is 0 Å². The molecule has 1 aromatic rings. The number of halogens is 2. The monoisotopic (exact) mass is 314 g/mol. The van der Waals surface area contributed by atoms with Crippen LogP contribution in [0.15, 0.2) is 18.2 Å². The highest BCUT2D eigenvalue weighted by Crippen LogP contribution is 2.32. The zero-order valence-corrected chi connectivity index (χ0v) is 13.8. The maximum atomic E-state index is 6.14. The molecule has 1 aromatic carbocycles. The molecule has 1 atom stereocenters. The van der Waals surface area contributed by atoms with Gasteiger partial charge in [0.2, 0.25) is 0 Å². The Bertz CT molecular complexity index is 442. The average Bonchev–Trinajstić information content (AvgIpc) is 2.44. The lowest BCUT2D eigenvalue weighted by Gasteiger charge is -2.39. The molecule has 0 bridgehead atoms. The Hall–Kier alpha value is -0.280. The van der Waals surface area contributed by atoms with Gasteiger partial charge in [-0.05, 0) is 56.8 Å². The molecule has 1 aliphatic rings. The van der Waals surface area contributed by atoms with Gasteiger partial charge in [-0.1, -0.05) is 36.2 Å². The van der Waals surface area contributed by atoms with Crippen LogP contribution in [0.4, 0.5) is 0 Å². The second-order valence-corrected chi connectivity index (χ2v) is 6.56. The Morgan fingerprint density at radius 1 is 1.20 bits per heavy atom. The fourth-order valence-corrected chi connectivity index (χ4v) is 3.55. The third-order valence-electron chi connectivity index (χ3n) is 4.50. The van der Waals surface area contributed by atoms with Crippen LogP contribution in [-0.2, 0) is 0 Å². The Morgan fingerprint density at radius 2 is 1.85 bits per heavy atom. The highest BCUT2D eigenvalue weighted by atomic mass is 35.5. The van der Waals surface area contributed by atoms with E-state index in [4.69, 9.17) is 28.9 Å². The average molecular weight is 315 g/mol. The van der Waals surface area contributed by atoms with Gasteiger partial charge in [0.25, 0.3) is 0 Å². The lowest BCUT2D eigenvalue weighted by Crippen LogP contribution is -2.42. The number of nitrogens with zero attached hydrogens (tertiary/aromatic N) is 1. The van der Waals surface area contributed by atoms with Gasteiger partial charge in [-0.3, -0.25) is 4.90 Å². The standard InChI is InChI=1S/C16H24Cl2N2/c1-3-20(14-7-5-13(19)6-8-14)11(2)12-4-9-15(17)16(18)10-12/h4,9-11,13-14H,3,5-8,19H2,1-2H3. The van der Waals surface area contributed by atoms with E-state index in [0.717, 1.165) is 19.4 Å². The van der Waals surface area contributed by atoms with Crippen LogP contribution < -0.4 is 5.73 Å². The molecule has 20 heavy (non-hydrogen) atoms. The highest BCUT2D eigenvalue weighted by Gasteiger charge is 2.27. The summed E-state index contributed by atoms with van der Waals surface area (Å²) in [7, 11) is 0. The molecule has 112 valence electrons. The van der Waals surface area contributed by atoms with Gasteiger partial charge >= 0.3 is 0 Å². The van der Waals surface area contributed by atoms with Crippen molar-refractivity contribution in [1.29, 1.82) is 0 Å². The molecule has 0 aromatic heterocycles. The van der Waals surface area contributed by atoms with Crippen molar-refractivity contribution in [3.8, 4) is 0 Å². The van der Waals surface area contributed by atoms with Crippen LogP contribution in [0, 0.1) is 0 Å². The largest absolute Gasteiger partial charge is 0.328 e. The summed E-state index contributed by atoms with van der Waals surface area (Å²) in [5.74, 6) is 0. The fraction of sp³-hybridized carbons (Fsp3) is 0.625. The van der Waals surface area contributed by atoms with Gasteiger partial charge in [0.05, 0.1) is 10.0 Å². The summed E-state index contributed by atoms with van der Waals surface area (Å²) in [4.78, 5) is 2.56. The van der Waals surface area contributed by atoms with Gasteiger partial charge < -0.3 is 5.73 Å². The van der Waals surface area contributed by atoms with Crippen LogP contribution in [0.2, 0.25) is 10.0 Å². The van der Waals surface area contributed by atoms with E-state index in [1.165, 1.54) is 18.4 Å². The van der Waals surface area contributed by atoms with E-state index < -0.39 is 0 Å². The predicted octanol–water partition coefficient (Wildman–Crippen LogP) is 4.65. The number of hydrogen-bond donors (Lipinski definition) is 1. The van der Waals surface area contributed by atoms with Crippen LogP contribution >= 0.6 is 23.2 Å². The summed E-state index contributed by atoms with van der Waals surface area (Å²) in [6.07, 6.45) is 4.66. The quantitative estimate of drug-likeness (QED) is 0.876. The molecule has 0 aliphatic heterocycles. The summed E-state index contributed by atoms with van der Waals surface area (Å²) in [5.41, 5.74) is 7.24. The van der Waals surface area contributed by atoms with E-state index in [2.05, 4.69) is 24.8 Å². The van der Waals surface area contributed by atoms with E-state index >= 15 is 0 Å². The van der Waals surface area contributed by atoms with E-state index in [1.807, 2.05) is 12.1 Å². The molecule has 0 amide bonds. The van der Waals surface area contributed by atoms with Crippen LogP contribution in [-0.4, -0.2) is 23.5 Å². The molecular weight excluding hydrogens is 291 g/mol. The van der Waals surface area contributed by atoms with Crippen molar-refractivity contribution in [2.75, 3.05) is 6.54 Å². The smallest absolute Gasteiger partial charge is 0.0595 e. The van der Waals surface area contributed by atoms with Gasteiger partial charge in [-0.2, -0.15) is 0 Å². The number of nitrogens with two attached hydrogens (primary N) is 1. The first kappa shape index (κ1) is 16.1. The Morgan fingerprint density at radius 3 is 2.40 bits per heavy atom. The summed E-state index contributed by atoms with van der Waals surface area (Å²) in [6.45, 7) is 5.52. The minimum absolute atomic E-state index is 0.356. The third kappa shape index (κ3) is 3.67. The molecule has 1 unspecified atom stereocenters. The molecule has 0 saturated heterocycles. The van der Waals surface area contributed by atoms with Crippen molar-refractivity contribution in [3.63, 3.8) is 0 Å². The lowest BCUT2D eigenvalue weighted by atomic mass is 9.89. The van der Waals surface area contributed by atoms with Gasteiger partial charge in [-0.15, -0.1) is 0 Å². The van der Waals surface area contributed by atoms with Gasteiger partial charge in [0.1, 0.15) is 0 Å². The Labute approximate surface area is 132 Å². The van der Waals surface area contributed by atoms with Gasteiger partial charge in [0.15, 0.2) is 0 Å². The van der Waals surface area contributed by atoms with Crippen molar-refractivity contribution in [2.24, 2.45) is 5.73 Å². The third-order valence-corrected chi connectivity index (χ3v) is 5.24. The van der Waals surface area contributed by atoms with E-state index in [0.29, 0.717) is 28.2 Å². The minimum Gasteiger partial charge on any atom is -0.328 e. The predicted molar refractivity (Wildman–Crippen MR) is 87.5 cm³/mol. The molecular formula is C16H24Cl2N2. The zero-order chi connectivity index (χ0) is 14.7. The van der Waals surface area contributed by atoms with Crippen LogP contribution in [0.1, 0.15) is 51.1 Å². The topological polar surface area (TPSA) is 29.3 Å². The number of hydrogen-bond acceptors (Lipinski definition) is 2. The number of benzene rings is 1. The zero-order valence-electron chi connectivity index (χ0n) is 12.3. The summed E-state index contributed by atoms with van der Waals surface area (Å²) in [6, 6.07) is 7.34. The summed E-state index contributed by atoms with van der Waals surface area (Å²) in [5, 5.41) is 1.26. The van der Waals surface area contributed by atoms with Crippen LogP contribution in [0.5, 0.6) is 0 Å². The second kappa shape index (κ2) is 7.13. The maximum Gasteiger partial charge on any atom is 0.0595 e. The molecule has 0 heterocycles. The normalized spacial score (nSPS) is 24.9. The first-order valence-corrected chi connectivity index (χ1v) is 8.24.